The number of aliphatic carboxylic acids is 1. The van der Waals surface area contributed by atoms with Gasteiger partial charge in [-0.2, -0.15) is 0 Å². The van der Waals surface area contributed by atoms with E-state index in [1.165, 1.54) is 0 Å². The van der Waals surface area contributed by atoms with Gasteiger partial charge >= 0.3 is 5.97 Å². The maximum Gasteiger partial charge on any atom is 0.329 e. The van der Waals surface area contributed by atoms with Gasteiger partial charge in [0.25, 0.3) is 0 Å². The highest BCUT2D eigenvalue weighted by Crippen LogP contribution is 2.28. The molecule has 1 heterocycles. The normalized spacial score (nSPS) is 21.1. The van der Waals surface area contributed by atoms with Gasteiger partial charge in [-0.15, -0.1) is 0 Å². The first-order valence-corrected chi connectivity index (χ1v) is 5.28. The summed E-state index contributed by atoms with van der Waals surface area (Å²) in [5.74, 6) is -0.898. The van der Waals surface area contributed by atoms with E-state index in [4.69, 9.17) is 9.84 Å². The van der Waals surface area contributed by atoms with E-state index in [2.05, 4.69) is 25.7 Å². The fourth-order valence-electron chi connectivity index (χ4n) is 2.01. The Balaban J connectivity index is 2.26. The van der Waals surface area contributed by atoms with Gasteiger partial charge < -0.3 is 9.84 Å². The summed E-state index contributed by atoms with van der Waals surface area (Å²) in [6, 6.07) is 0. The first kappa shape index (κ1) is 12.5. The third-order valence-corrected chi connectivity index (χ3v) is 2.36. The Morgan fingerprint density at radius 3 is 2.40 bits per heavy atom. The second-order valence-corrected chi connectivity index (χ2v) is 5.84. The van der Waals surface area contributed by atoms with E-state index in [1.807, 2.05) is 6.92 Å². The van der Waals surface area contributed by atoms with Crippen LogP contribution in [0.1, 0.15) is 27.7 Å². The second kappa shape index (κ2) is 4.10. The third-order valence-electron chi connectivity index (χ3n) is 2.36. The lowest BCUT2D eigenvalue weighted by Crippen LogP contribution is -2.63. The van der Waals surface area contributed by atoms with E-state index in [1.54, 1.807) is 0 Å². The molecule has 0 bridgehead atoms. The highest BCUT2D eigenvalue weighted by molar-refractivity contribution is 5.68. The molecule has 0 aromatic rings. The van der Waals surface area contributed by atoms with E-state index >= 15 is 0 Å². The average Bonchev–Trinajstić information content (AvgIpc) is 1.95. The fourth-order valence-corrected chi connectivity index (χ4v) is 2.01. The summed E-state index contributed by atoms with van der Waals surface area (Å²) < 4.78 is 5.33. The van der Waals surface area contributed by atoms with Crippen LogP contribution in [0, 0.1) is 5.41 Å². The topological polar surface area (TPSA) is 49.8 Å². The third kappa shape index (κ3) is 4.18. The zero-order valence-corrected chi connectivity index (χ0v) is 10.0. The van der Waals surface area contributed by atoms with E-state index < -0.39 is 5.97 Å². The molecule has 0 aliphatic carbocycles. The molecule has 1 aliphatic rings. The van der Waals surface area contributed by atoms with Crippen molar-refractivity contribution in [3.8, 4) is 0 Å². The molecule has 0 atom stereocenters. The molecule has 1 fully saturated rings. The number of hydrogen-bond donors (Lipinski definition) is 1. The van der Waals surface area contributed by atoms with E-state index in [0.29, 0.717) is 0 Å². The van der Waals surface area contributed by atoms with Crippen molar-refractivity contribution < 1.29 is 14.6 Å². The Hall–Kier alpha value is -0.610. The molecule has 0 saturated carbocycles. The van der Waals surface area contributed by atoms with E-state index in [-0.39, 0.29) is 17.6 Å². The molecule has 0 spiro atoms. The molecule has 0 radical (unpaired) electrons. The molecule has 0 aromatic heterocycles. The van der Waals surface area contributed by atoms with Gasteiger partial charge in [0.1, 0.15) is 6.61 Å². The standard InChI is InChI=1S/C11H21NO3/c1-10(2,3)6-12-7-11(4,8-12)15-5-9(13)14/h5-8H2,1-4H3,(H,13,14). The molecule has 1 saturated heterocycles. The molecule has 1 N–H and O–H groups in total. The van der Waals surface area contributed by atoms with Crippen molar-refractivity contribution in [2.24, 2.45) is 5.41 Å². The van der Waals surface area contributed by atoms with Crippen molar-refractivity contribution in [2.75, 3.05) is 26.2 Å². The van der Waals surface area contributed by atoms with Crippen LogP contribution in [0.25, 0.3) is 0 Å². The number of ether oxygens (including phenoxy) is 1. The van der Waals surface area contributed by atoms with E-state index in [9.17, 15) is 4.79 Å². The molecule has 0 unspecified atom stereocenters. The van der Waals surface area contributed by atoms with Gasteiger partial charge in [0.05, 0.1) is 5.60 Å². The van der Waals surface area contributed by atoms with Gasteiger partial charge in [-0.05, 0) is 12.3 Å². The maximum atomic E-state index is 10.4. The number of carbonyl (C=O) groups is 1. The molecule has 1 aliphatic heterocycles. The van der Waals surface area contributed by atoms with Crippen molar-refractivity contribution in [2.45, 2.75) is 33.3 Å². The second-order valence-electron chi connectivity index (χ2n) is 5.84. The van der Waals surface area contributed by atoms with Crippen LogP contribution in [-0.2, 0) is 9.53 Å². The van der Waals surface area contributed by atoms with Gasteiger partial charge in [-0.1, -0.05) is 20.8 Å². The Labute approximate surface area is 91.2 Å². The number of carboxylic acids is 1. The van der Waals surface area contributed by atoms with Crippen LogP contribution in [0.5, 0.6) is 0 Å². The van der Waals surface area contributed by atoms with Crippen LogP contribution in [0.3, 0.4) is 0 Å². The largest absolute Gasteiger partial charge is 0.480 e. The zero-order chi connectivity index (χ0) is 11.7. The van der Waals surface area contributed by atoms with Crippen LogP contribution in [0.15, 0.2) is 0 Å². The molecule has 1 rings (SSSR count). The van der Waals surface area contributed by atoms with Crippen LogP contribution in [0.4, 0.5) is 0 Å². The highest BCUT2D eigenvalue weighted by atomic mass is 16.5. The quantitative estimate of drug-likeness (QED) is 0.765. The molecular weight excluding hydrogens is 194 g/mol. The summed E-state index contributed by atoms with van der Waals surface area (Å²) in [5.41, 5.74) is 0.0256. The smallest absolute Gasteiger partial charge is 0.329 e. The van der Waals surface area contributed by atoms with Crippen molar-refractivity contribution in [1.29, 1.82) is 0 Å². The number of rotatable bonds is 4. The Kier molecular flexibility index (Phi) is 3.41. The first-order valence-electron chi connectivity index (χ1n) is 5.28. The van der Waals surface area contributed by atoms with Gasteiger partial charge in [0, 0.05) is 19.6 Å². The summed E-state index contributed by atoms with van der Waals surface area (Å²) in [6.45, 7) is 11.0. The summed E-state index contributed by atoms with van der Waals surface area (Å²) in [5, 5.41) is 8.51. The number of hydrogen-bond acceptors (Lipinski definition) is 3. The molecular formula is C11H21NO3. The van der Waals surface area contributed by atoms with Crippen molar-refractivity contribution in [1.82, 2.24) is 4.90 Å². The van der Waals surface area contributed by atoms with Crippen molar-refractivity contribution in [3.05, 3.63) is 0 Å². The van der Waals surface area contributed by atoms with Gasteiger partial charge in [0.2, 0.25) is 0 Å². The average molecular weight is 215 g/mol. The molecule has 88 valence electrons. The summed E-state index contributed by atoms with van der Waals surface area (Å²) in [6.07, 6.45) is 0. The minimum Gasteiger partial charge on any atom is -0.480 e. The Morgan fingerprint density at radius 1 is 1.47 bits per heavy atom. The van der Waals surface area contributed by atoms with Crippen molar-refractivity contribution in [3.63, 3.8) is 0 Å². The predicted molar refractivity (Wildman–Crippen MR) is 57.9 cm³/mol. The maximum absolute atomic E-state index is 10.4. The van der Waals surface area contributed by atoms with Gasteiger partial charge in [-0.3, -0.25) is 4.90 Å². The lowest BCUT2D eigenvalue weighted by molar-refractivity contribution is -0.166. The minimum atomic E-state index is -0.898. The fraction of sp³-hybridized carbons (Fsp3) is 0.909. The Morgan fingerprint density at radius 2 is 2.00 bits per heavy atom. The van der Waals surface area contributed by atoms with Crippen LogP contribution in [0.2, 0.25) is 0 Å². The van der Waals surface area contributed by atoms with E-state index in [0.717, 1.165) is 19.6 Å². The lowest BCUT2D eigenvalue weighted by atomic mass is 9.90. The first-order chi connectivity index (χ1) is 6.70. The lowest BCUT2D eigenvalue weighted by Gasteiger charge is -2.49. The predicted octanol–water partition coefficient (Wildman–Crippen LogP) is 1.21. The summed E-state index contributed by atoms with van der Waals surface area (Å²) >= 11 is 0. The monoisotopic (exact) mass is 215 g/mol. The molecule has 4 heteroatoms. The Bertz CT molecular complexity index is 239. The number of nitrogens with zero attached hydrogens (tertiary/aromatic N) is 1. The summed E-state index contributed by atoms with van der Waals surface area (Å²) in [4.78, 5) is 12.7. The zero-order valence-electron chi connectivity index (χ0n) is 10.0. The highest BCUT2D eigenvalue weighted by Gasteiger charge is 2.41. The molecule has 4 nitrogen and oxygen atoms in total. The van der Waals surface area contributed by atoms with Crippen LogP contribution >= 0.6 is 0 Å². The SMILES string of the molecule is CC(C)(C)CN1CC(C)(OCC(=O)O)C1. The molecule has 15 heavy (non-hydrogen) atoms. The summed E-state index contributed by atoms with van der Waals surface area (Å²) in [7, 11) is 0. The van der Waals surface area contributed by atoms with Crippen LogP contribution < -0.4 is 0 Å². The van der Waals surface area contributed by atoms with Gasteiger partial charge in [0.15, 0.2) is 0 Å². The molecule has 0 amide bonds. The number of carboxylic acid groups (broad SMARTS) is 1. The number of likely N-dealkylation sites (tertiary alicyclic amines) is 1. The minimum absolute atomic E-state index is 0.195. The van der Waals surface area contributed by atoms with Crippen LogP contribution in [-0.4, -0.2) is 47.8 Å². The molecule has 0 aromatic carbocycles. The van der Waals surface area contributed by atoms with Gasteiger partial charge in [-0.25, -0.2) is 4.79 Å². The van der Waals surface area contributed by atoms with Crippen molar-refractivity contribution >= 4 is 5.97 Å².